The zero-order valence-corrected chi connectivity index (χ0v) is 13.0. The van der Waals surface area contributed by atoms with Gasteiger partial charge in [-0.2, -0.15) is 4.31 Å². The second kappa shape index (κ2) is 6.52. The van der Waals surface area contributed by atoms with Crippen LogP contribution >= 0.6 is 0 Å². The van der Waals surface area contributed by atoms with Crippen molar-refractivity contribution in [3.8, 4) is 0 Å². The maximum Gasteiger partial charge on any atom is 0.211 e. The van der Waals surface area contributed by atoms with Crippen LogP contribution in [-0.2, 0) is 10.0 Å². The summed E-state index contributed by atoms with van der Waals surface area (Å²) >= 11 is 0. The largest absolute Gasteiger partial charge is 0.312 e. The Morgan fingerprint density at radius 2 is 1.74 bits per heavy atom. The highest BCUT2D eigenvalue weighted by molar-refractivity contribution is 7.88. The van der Waals surface area contributed by atoms with Crippen LogP contribution in [0.5, 0.6) is 0 Å². The maximum absolute atomic E-state index is 11.5. The van der Waals surface area contributed by atoms with Crippen LogP contribution in [0.4, 0.5) is 0 Å². The zero-order valence-electron chi connectivity index (χ0n) is 12.1. The molecule has 2 fully saturated rings. The number of sulfonamides is 1. The summed E-state index contributed by atoms with van der Waals surface area (Å²) in [5, 5.41) is 3.65. The van der Waals surface area contributed by atoms with Gasteiger partial charge >= 0.3 is 0 Å². The molecule has 1 atom stereocenters. The molecule has 0 radical (unpaired) electrons. The lowest BCUT2D eigenvalue weighted by molar-refractivity contribution is 0.142. The molecule has 0 aromatic rings. The van der Waals surface area contributed by atoms with E-state index in [-0.39, 0.29) is 0 Å². The number of rotatable bonds is 5. The summed E-state index contributed by atoms with van der Waals surface area (Å²) < 4.78 is 24.5. The molecule has 112 valence electrons. The van der Waals surface area contributed by atoms with Crippen molar-refractivity contribution in [2.75, 3.05) is 39.0 Å². The van der Waals surface area contributed by atoms with Crippen molar-refractivity contribution < 1.29 is 8.42 Å². The van der Waals surface area contributed by atoms with Gasteiger partial charge in [-0.3, -0.25) is 4.90 Å². The highest BCUT2D eigenvalue weighted by atomic mass is 32.2. The fraction of sp³-hybridized carbons (Fsp3) is 1.00. The number of nitrogens with zero attached hydrogens (tertiary/aromatic N) is 2. The maximum atomic E-state index is 11.5. The Hall–Kier alpha value is -0.170. The highest BCUT2D eigenvalue weighted by Gasteiger charge is 2.26. The van der Waals surface area contributed by atoms with Crippen molar-refractivity contribution in [2.24, 2.45) is 0 Å². The van der Waals surface area contributed by atoms with Crippen LogP contribution in [0.15, 0.2) is 0 Å². The van der Waals surface area contributed by atoms with Crippen LogP contribution in [0, 0.1) is 0 Å². The molecule has 0 aromatic carbocycles. The molecule has 0 aromatic heterocycles. The molecule has 0 amide bonds. The van der Waals surface area contributed by atoms with Gasteiger partial charge in [0, 0.05) is 44.8 Å². The van der Waals surface area contributed by atoms with Crippen LogP contribution in [0.3, 0.4) is 0 Å². The van der Waals surface area contributed by atoms with Crippen LogP contribution in [0.2, 0.25) is 0 Å². The summed E-state index contributed by atoms with van der Waals surface area (Å²) in [6.07, 6.45) is 6.65. The molecule has 1 N–H and O–H groups in total. The molecule has 0 spiro atoms. The van der Waals surface area contributed by atoms with E-state index >= 15 is 0 Å². The molecule has 1 saturated carbocycles. The Labute approximate surface area is 117 Å². The summed E-state index contributed by atoms with van der Waals surface area (Å²) in [5.41, 5.74) is 0. The van der Waals surface area contributed by atoms with Gasteiger partial charge < -0.3 is 5.32 Å². The van der Waals surface area contributed by atoms with E-state index in [1.807, 2.05) is 0 Å². The Balaban J connectivity index is 1.71. The van der Waals surface area contributed by atoms with E-state index in [0.717, 1.165) is 19.6 Å². The Bertz CT molecular complexity index is 371. The Kier molecular flexibility index (Phi) is 5.22. The first kappa shape index (κ1) is 15.2. The van der Waals surface area contributed by atoms with Gasteiger partial charge in [0.15, 0.2) is 0 Å². The lowest BCUT2D eigenvalue weighted by Gasteiger charge is -2.37. The van der Waals surface area contributed by atoms with Gasteiger partial charge in [-0.15, -0.1) is 0 Å². The van der Waals surface area contributed by atoms with E-state index in [0.29, 0.717) is 25.2 Å². The van der Waals surface area contributed by atoms with Crippen molar-refractivity contribution in [3.63, 3.8) is 0 Å². The van der Waals surface area contributed by atoms with Gasteiger partial charge in [0.05, 0.1) is 6.26 Å². The standard InChI is InChI=1S/C13H27N3O2S/c1-12(11-14-13-5-3-4-6-13)15-7-9-16(10-8-15)19(2,17)18/h12-14H,3-11H2,1-2H3. The van der Waals surface area contributed by atoms with E-state index < -0.39 is 10.0 Å². The van der Waals surface area contributed by atoms with E-state index in [4.69, 9.17) is 0 Å². The lowest BCUT2D eigenvalue weighted by atomic mass is 10.2. The topological polar surface area (TPSA) is 52.6 Å². The third-order valence-electron chi connectivity index (χ3n) is 4.42. The zero-order chi connectivity index (χ0) is 13.9. The molecule has 1 aliphatic carbocycles. The van der Waals surface area contributed by atoms with Crippen LogP contribution in [0.25, 0.3) is 0 Å². The first-order valence-electron chi connectivity index (χ1n) is 7.39. The highest BCUT2D eigenvalue weighted by Crippen LogP contribution is 2.18. The quantitative estimate of drug-likeness (QED) is 0.800. The first-order valence-corrected chi connectivity index (χ1v) is 9.24. The van der Waals surface area contributed by atoms with E-state index in [1.54, 1.807) is 4.31 Å². The lowest BCUT2D eigenvalue weighted by Crippen LogP contribution is -2.53. The van der Waals surface area contributed by atoms with Crippen LogP contribution in [0.1, 0.15) is 32.6 Å². The predicted molar refractivity (Wildman–Crippen MR) is 77.7 cm³/mol. The molecule has 2 aliphatic rings. The molecule has 1 aliphatic heterocycles. The van der Waals surface area contributed by atoms with Crippen molar-refractivity contribution in [1.82, 2.24) is 14.5 Å². The van der Waals surface area contributed by atoms with Gasteiger partial charge in [0.1, 0.15) is 0 Å². The van der Waals surface area contributed by atoms with Gasteiger partial charge in [-0.25, -0.2) is 8.42 Å². The minimum Gasteiger partial charge on any atom is -0.312 e. The number of nitrogens with one attached hydrogen (secondary N) is 1. The fourth-order valence-corrected chi connectivity index (χ4v) is 3.90. The molecule has 1 unspecified atom stereocenters. The molecule has 0 bridgehead atoms. The van der Waals surface area contributed by atoms with Gasteiger partial charge in [0.25, 0.3) is 0 Å². The summed E-state index contributed by atoms with van der Waals surface area (Å²) in [4.78, 5) is 2.39. The van der Waals surface area contributed by atoms with Gasteiger partial charge in [0.2, 0.25) is 10.0 Å². The van der Waals surface area contributed by atoms with Crippen molar-refractivity contribution in [1.29, 1.82) is 0 Å². The van der Waals surface area contributed by atoms with Gasteiger partial charge in [-0.05, 0) is 19.8 Å². The van der Waals surface area contributed by atoms with Crippen LogP contribution < -0.4 is 5.32 Å². The summed E-state index contributed by atoms with van der Waals surface area (Å²) in [7, 11) is -3.01. The first-order chi connectivity index (χ1) is 8.97. The normalized spacial score (nSPS) is 25.8. The minimum atomic E-state index is -3.01. The number of hydrogen-bond donors (Lipinski definition) is 1. The summed E-state index contributed by atoms with van der Waals surface area (Å²) in [5.74, 6) is 0. The third kappa shape index (κ3) is 4.41. The van der Waals surface area contributed by atoms with Crippen molar-refractivity contribution >= 4 is 10.0 Å². The SMILES string of the molecule is CC(CNC1CCCC1)N1CCN(S(C)(=O)=O)CC1. The predicted octanol–water partition coefficient (Wildman–Crippen LogP) is 0.484. The fourth-order valence-electron chi connectivity index (χ4n) is 3.07. The molecule has 5 nitrogen and oxygen atoms in total. The average molecular weight is 289 g/mol. The number of hydrogen-bond acceptors (Lipinski definition) is 4. The molecular formula is C13H27N3O2S. The second-order valence-electron chi connectivity index (χ2n) is 5.94. The molecule has 19 heavy (non-hydrogen) atoms. The second-order valence-corrected chi connectivity index (χ2v) is 7.92. The summed E-state index contributed by atoms with van der Waals surface area (Å²) in [6, 6.07) is 1.20. The van der Waals surface area contributed by atoms with Gasteiger partial charge in [-0.1, -0.05) is 12.8 Å². The van der Waals surface area contributed by atoms with Crippen molar-refractivity contribution in [2.45, 2.75) is 44.7 Å². The molecule has 1 heterocycles. The number of piperazine rings is 1. The monoisotopic (exact) mass is 289 g/mol. The average Bonchev–Trinajstić information content (AvgIpc) is 2.88. The molecule has 1 saturated heterocycles. The molecular weight excluding hydrogens is 262 g/mol. The van der Waals surface area contributed by atoms with Crippen LogP contribution in [-0.4, -0.2) is 68.7 Å². The minimum absolute atomic E-state index is 0.488. The Morgan fingerprint density at radius 1 is 1.16 bits per heavy atom. The summed E-state index contributed by atoms with van der Waals surface area (Å²) in [6.45, 7) is 6.21. The van der Waals surface area contributed by atoms with E-state index in [9.17, 15) is 8.42 Å². The van der Waals surface area contributed by atoms with Crippen molar-refractivity contribution in [3.05, 3.63) is 0 Å². The molecule has 2 rings (SSSR count). The third-order valence-corrected chi connectivity index (χ3v) is 5.73. The Morgan fingerprint density at radius 3 is 2.26 bits per heavy atom. The van der Waals surface area contributed by atoms with E-state index in [1.165, 1.54) is 31.9 Å². The molecule has 6 heteroatoms. The smallest absolute Gasteiger partial charge is 0.211 e. The van der Waals surface area contributed by atoms with E-state index in [2.05, 4.69) is 17.1 Å².